The van der Waals surface area contributed by atoms with Crippen LogP contribution >= 0.6 is 0 Å². The van der Waals surface area contributed by atoms with Crippen LogP contribution in [0.2, 0.25) is 0 Å². The molecule has 1 saturated carbocycles. The number of carbonyl (C=O) groups is 1. The van der Waals surface area contributed by atoms with Gasteiger partial charge in [0.05, 0.1) is 6.61 Å². The fourth-order valence-corrected chi connectivity index (χ4v) is 4.44. The number of halogens is 1. The monoisotopic (exact) mass is 373 g/mol. The second-order valence-electron chi connectivity index (χ2n) is 8.17. The lowest BCUT2D eigenvalue weighted by molar-refractivity contribution is -0.157. The van der Waals surface area contributed by atoms with E-state index in [1.807, 2.05) is 24.6 Å². The molecule has 0 radical (unpaired) electrons. The summed E-state index contributed by atoms with van der Waals surface area (Å²) in [5.41, 5.74) is 1.25. The second kappa shape index (κ2) is 7.24. The first-order valence-corrected chi connectivity index (χ1v) is 9.85. The molecule has 2 aromatic rings. The molecule has 5 nitrogen and oxygen atoms in total. The maximum absolute atomic E-state index is 13.7. The number of benzene rings is 1. The second-order valence-corrected chi connectivity index (χ2v) is 8.17. The van der Waals surface area contributed by atoms with Gasteiger partial charge in [-0.2, -0.15) is 0 Å². The van der Waals surface area contributed by atoms with Crippen molar-refractivity contribution in [2.45, 2.75) is 50.8 Å². The van der Waals surface area contributed by atoms with Gasteiger partial charge in [-0.25, -0.2) is 4.39 Å². The van der Waals surface area contributed by atoms with Gasteiger partial charge in [-0.05, 0) is 43.5 Å². The molecule has 1 aromatic heterocycles. The Balaban J connectivity index is 1.48. The van der Waals surface area contributed by atoms with Gasteiger partial charge < -0.3 is 14.6 Å². The van der Waals surface area contributed by atoms with Crippen LogP contribution in [0.15, 0.2) is 24.4 Å². The Bertz CT molecular complexity index is 843. The fourth-order valence-electron chi connectivity index (χ4n) is 4.44. The highest BCUT2D eigenvalue weighted by atomic mass is 19.1. The molecule has 0 unspecified atom stereocenters. The van der Waals surface area contributed by atoms with E-state index >= 15 is 0 Å². The third-order valence-corrected chi connectivity index (χ3v) is 5.95. The van der Waals surface area contributed by atoms with Crippen molar-refractivity contribution in [3.05, 3.63) is 35.8 Å². The van der Waals surface area contributed by atoms with Crippen molar-refractivity contribution < 1.29 is 13.9 Å². The first-order chi connectivity index (χ1) is 12.9. The molecule has 1 amide bonds. The van der Waals surface area contributed by atoms with E-state index < -0.39 is 5.60 Å². The Morgan fingerprint density at radius 1 is 1.37 bits per heavy atom. The van der Waals surface area contributed by atoms with Gasteiger partial charge in [-0.15, -0.1) is 0 Å². The quantitative estimate of drug-likeness (QED) is 0.896. The molecule has 146 valence electrons. The molecule has 4 rings (SSSR count). The predicted octanol–water partition coefficient (Wildman–Crippen LogP) is 2.97. The minimum absolute atomic E-state index is 0.0111. The van der Waals surface area contributed by atoms with Gasteiger partial charge >= 0.3 is 0 Å². The molecule has 6 heteroatoms. The summed E-state index contributed by atoms with van der Waals surface area (Å²) < 4.78 is 21.7. The van der Waals surface area contributed by atoms with Crippen LogP contribution in [0, 0.1) is 5.82 Å². The third-order valence-electron chi connectivity index (χ3n) is 5.95. The summed E-state index contributed by atoms with van der Waals surface area (Å²) in [6.45, 7) is 4.38. The lowest BCUT2D eigenvalue weighted by Gasteiger charge is -2.39. The summed E-state index contributed by atoms with van der Waals surface area (Å²) in [6.07, 6.45) is 6.55. The van der Waals surface area contributed by atoms with Crippen LogP contribution in [0.3, 0.4) is 0 Å². The first kappa shape index (κ1) is 18.4. The number of hydrogen-bond acceptors (Lipinski definition) is 3. The third kappa shape index (κ3) is 3.73. The van der Waals surface area contributed by atoms with Crippen LogP contribution in [0.5, 0.6) is 0 Å². The number of aromatic nitrogens is 1. The Hall–Kier alpha value is -1.92. The summed E-state index contributed by atoms with van der Waals surface area (Å²) in [6, 6.07) is 5.18. The molecule has 1 atom stereocenters. The molecule has 1 N–H and O–H groups in total. The lowest BCUT2D eigenvalue weighted by atomic mass is 10.0. The molecule has 1 aliphatic heterocycles. The Morgan fingerprint density at radius 3 is 2.93 bits per heavy atom. The lowest BCUT2D eigenvalue weighted by Crippen LogP contribution is -2.59. The standard InChI is InChI=1S/C21H28FN3O2/c1-21(20(26)23-17-5-3-4-6-17)14-25(9-10-27-21)13-15-12-24(2)19-8-7-16(22)11-18(15)19/h7-8,11-12,17H,3-6,9-10,13-14H2,1-2H3,(H,23,26)/t21-/m0/s1. The van der Waals surface area contributed by atoms with Crippen LogP contribution < -0.4 is 5.32 Å². The number of fused-ring (bicyclic) bond motifs is 1. The number of ether oxygens (including phenoxy) is 1. The van der Waals surface area contributed by atoms with Crippen molar-refractivity contribution >= 4 is 16.8 Å². The smallest absolute Gasteiger partial charge is 0.253 e. The minimum atomic E-state index is -0.837. The van der Waals surface area contributed by atoms with Gasteiger partial charge in [0, 0.05) is 49.8 Å². The highest BCUT2D eigenvalue weighted by Crippen LogP contribution is 2.26. The molecule has 0 spiro atoms. The summed E-state index contributed by atoms with van der Waals surface area (Å²) in [4.78, 5) is 15.1. The number of nitrogens with one attached hydrogen (secondary N) is 1. The van der Waals surface area contributed by atoms with Crippen molar-refractivity contribution in [1.82, 2.24) is 14.8 Å². The van der Waals surface area contributed by atoms with Gasteiger partial charge in [-0.1, -0.05) is 12.8 Å². The molecular weight excluding hydrogens is 345 g/mol. The summed E-state index contributed by atoms with van der Waals surface area (Å²) in [5.74, 6) is -0.235. The average Bonchev–Trinajstić information content (AvgIpc) is 3.23. The van der Waals surface area contributed by atoms with E-state index in [1.165, 1.54) is 18.9 Å². The zero-order valence-corrected chi connectivity index (χ0v) is 16.1. The molecule has 27 heavy (non-hydrogen) atoms. The zero-order valence-electron chi connectivity index (χ0n) is 16.1. The Labute approximate surface area is 159 Å². The van der Waals surface area contributed by atoms with Gasteiger partial charge in [0.15, 0.2) is 5.60 Å². The van der Waals surface area contributed by atoms with E-state index in [9.17, 15) is 9.18 Å². The number of aryl methyl sites for hydroxylation is 1. The van der Waals surface area contributed by atoms with E-state index in [0.29, 0.717) is 19.7 Å². The van der Waals surface area contributed by atoms with Crippen LogP contribution in [-0.2, 0) is 23.1 Å². The van der Waals surface area contributed by atoms with Crippen molar-refractivity contribution in [3.8, 4) is 0 Å². The van der Waals surface area contributed by atoms with Crippen molar-refractivity contribution in [3.63, 3.8) is 0 Å². The molecular formula is C21H28FN3O2. The van der Waals surface area contributed by atoms with E-state index in [0.717, 1.165) is 35.9 Å². The van der Waals surface area contributed by atoms with Gasteiger partial charge in [0.1, 0.15) is 5.82 Å². The summed E-state index contributed by atoms with van der Waals surface area (Å²) in [7, 11) is 1.97. The number of rotatable bonds is 4. The largest absolute Gasteiger partial charge is 0.363 e. The molecule has 0 bridgehead atoms. The highest BCUT2D eigenvalue weighted by Gasteiger charge is 2.40. The molecule has 1 saturated heterocycles. The average molecular weight is 373 g/mol. The maximum Gasteiger partial charge on any atom is 0.253 e. The van der Waals surface area contributed by atoms with Crippen LogP contribution in [0.25, 0.3) is 10.9 Å². The van der Waals surface area contributed by atoms with Gasteiger partial charge in [0.25, 0.3) is 5.91 Å². The molecule has 1 aromatic carbocycles. The van der Waals surface area contributed by atoms with E-state index in [2.05, 4.69) is 16.4 Å². The van der Waals surface area contributed by atoms with Crippen molar-refractivity contribution in [1.29, 1.82) is 0 Å². The molecule has 2 aliphatic rings. The minimum Gasteiger partial charge on any atom is -0.363 e. The molecule has 1 aliphatic carbocycles. The molecule has 2 fully saturated rings. The van der Waals surface area contributed by atoms with Crippen LogP contribution in [0.4, 0.5) is 4.39 Å². The predicted molar refractivity (Wildman–Crippen MR) is 103 cm³/mol. The first-order valence-electron chi connectivity index (χ1n) is 9.85. The van der Waals surface area contributed by atoms with Gasteiger partial charge in [0.2, 0.25) is 0 Å². The number of amides is 1. The normalized spacial score (nSPS) is 24.6. The van der Waals surface area contributed by atoms with Gasteiger partial charge in [-0.3, -0.25) is 9.69 Å². The highest BCUT2D eigenvalue weighted by molar-refractivity contribution is 5.86. The Morgan fingerprint density at radius 2 is 2.15 bits per heavy atom. The van der Waals surface area contributed by atoms with E-state index in [-0.39, 0.29) is 17.8 Å². The molecule has 2 heterocycles. The summed E-state index contributed by atoms with van der Waals surface area (Å²) in [5, 5.41) is 4.10. The topological polar surface area (TPSA) is 46.5 Å². The Kier molecular flexibility index (Phi) is 4.95. The van der Waals surface area contributed by atoms with Crippen LogP contribution in [0.1, 0.15) is 38.2 Å². The number of hydrogen-bond donors (Lipinski definition) is 1. The van der Waals surface area contributed by atoms with E-state index in [1.54, 1.807) is 6.07 Å². The van der Waals surface area contributed by atoms with E-state index in [4.69, 9.17) is 4.74 Å². The van der Waals surface area contributed by atoms with Crippen molar-refractivity contribution in [2.24, 2.45) is 7.05 Å². The fraction of sp³-hybridized carbons (Fsp3) is 0.571. The number of nitrogens with zero attached hydrogens (tertiary/aromatic N) is 2. The summed E-state index contributed by atoms with van der Waals surface area (Å²) >= 11 is 0. The SMILES string of the molecule is Cn1cc(CN2CCO[C@](C)(C(=O)NC3CCCC3)C2)c2cc(F)ccc21. The van der Waals surface area contributed by atoms with Crippen molar-refractivity contribution in [2.75, 3.05) is 19.7 Å². The number of morpholine rings is 1. The zero-order chi connectivity index (χ0) is 19.0. The maximum atomic E-state index is 13.7. The van der Waals surface area contributed by atoms with Crippen LogP contribution in [-0.4, -0.2) is 46.7 Å². The number of carbonyl (C=O) groups excluding carboxylic acids is 1.